The summed E-state index contributed by atoms with van der Waals surface area (Å²) in [6.45, 7) is 3.36. The van der Waals surface area contributed by atoms with Crippen LogP contribution in [0.3, 0.4) is 0 Å². The Morgan fingerprint density at radius 3 is 2.45 bits per heavy atom. The number of nitrogens with one attached hydrogen (secondary N) is 4. The van der Waals surface area contributed by atoms with Crippen LogP contribution < -0.4 is 21.7 Å². The van der Waals surface area contributed by atoms with E-state index in [4.69, 9.17) is 5.73 Å². The first-order chi connectivity index (χ1) is 14.6. The van der Waals surface area contributed by atoms with Crippen molar-refractivity contribution in [2.75, 3.05) is 18.6 Å². The summed E-state index contributed by atoms with van der Waals surface area (Å²) < 4.78 is 0. The summed E-state index contributed by atoms with van der Waals surface area (Å²) in [7, 11) is 0. The molecule has 1 aromatic rings. The van der Waals surface area contributed by atoms with Gasteiger partial charge >= 0.3 is 5.97 Å². The van der Waals surface area contributed by atoms with Crippen LogP contribution in [0, 0.1) is 5.92 Å². The van der Waals surface area contributed by atoms with Gasteiger partial charge in [0.2, 0.25) is 17.7 Å². The van der Waals surface area contributed by atoms with Gasteiger partial charge in [-0.05, 0) is 30.8 Å². The van der Waals surface area contributed by atoms with Gasteiger partial charge in [0, 0.05) is 18.3 Å². The molecule has 0 spiro atoms. The number of H-pyrrole nitrogens is 1. The van der Waals surface area contributed by atoms with Crippen molar-refractivity contribution in [3.63, 3.8) is 0 Å². The number of aromatic nitrogens is 2. The van der Waals surface area contributed by atoms with Gasteiger partial charge in [0.15, 0.2) is 0 Å². The standard InChI is InChI=1S/C19H32N6O5S/c1-11(2)6-15(19(29)30)25-18(28)14(4-5-31-3)24-16(26)9-22-17(27)13(20)7-12-8-21-10-23-12/h8,10-11,13-15H,4-7,9,20H2,1-3H3,(H,21,23)(H,22,27)(H,24,26)(H,25,28)(H,29,30). The zero-order valence-corrected chi connectivity index (χ0v) is 18.8. The van der Waals surface area contributed by atoms with Crippen molar-refractivity contribution >= 4 is 35.5 Å². The van der Waals surface area contributed by atoms with Crippen molar-refractivity contribution in [3.8, 4) is 0 Å². The van der Waals surface area contributed by atoms with Gasteiger partial charge in [-0.3, -0.25) is 14.4 Å². The fourth-order valence-corrected chi connectivity index (χ4v) is 3.21. The summed E-state index contributed by atoms with van der Waals surface area (Å²) in [6.07, 6.45) is 5.71. The minimum atomic E-state index is -1.13. The van der Waals surface area contributed by atoms with E-state index in [9.17, 15) is 24.3 Å². The Balaban J connectivity index is 2.60. The molecule has 1 heterocycles. The minimum absolute atomic E-state index is 0.0711. The van der Waals surface area contributed by atoms with Crippen LogP contribution in [0.15, 0.2) is 12.5 Å². The third-order valence-electron chi connectivity index (χ3n) is 4.34. The average molecular weight is 457 g/mol. The van der Waals surface area contributed by atoms with Gasteiger partial charge in [-0.15, -0.1) is 0 Å². The molecule has 12 heteroatoms. The van der Waals surface area contributed by atoms with Crippen molar-refractivity contribution in [1.82, 2.24) is 25.9 Å². The lowest BCUT2D eigenvalue weighted by atomic mass is 10.0. The molecule has 0 radical (unpaired) electrons. The first-order valence-electron chi connectivity index (χ1n) is 9.96. The predicted molar refractivity (Wildman–Crippen MR) is 117 cm³/mol. The van der Waals surface area contributed by atoms with E-state index < -0.39 is 41.8 Å². The number of imidazole rings is 1. The van der Waals surface area contributed by atoms with Crippen molar-refractivity contribution < 1.29 is 24.3 Å². The lowest BCUT2D eigenvalue weighted by molar-refractivity contribution is -0.142. The number of thioether (sulfide) groups is 1. The number of carbonyl (C=O) groups excluding carboxylic acids is 3. The second-order valence-corrected chi connectivity index (χ2v) is 8.52. The van der Waals surface area contributed by atoms with Crippen molar-refractivity contribution in [2.24, 2.45) is 11.7 Å². The maximum absolute atomic E-state index is 12.6. The predicted octanol–water partition coefficient (Wildman–Crippen LogP) is -0.751. The van der Waals surface area contributed by atoms with Gasteiger partial charge in [0.1, 0.15) is 12.1 Å². The maximum atomic E-state index is 12.6. The van der Waals surface area contributed by atoms with Crippen molar-refractivity contribution in [1.29, 1.82) is 0 Å². The van der Waals surface area contributed by atoms with Gasteiger partial charge in [-0.25, -0.2) is 9.78 Å². The Hall–Kier alpha value is -2.60. The first kappa shape index (κ1) is 26.4. The number of rotatable bonds is 14. The number of carbonyl (C=O) groups is 4. The van der Waals surface area contributed by atoms with E-state index >= 15 is 0 Å². The maximum Gasteiger partial charge on any atom is 0.326 e. The molecule has 1 aromatic heterocycles. The van der Waals surface area contributed by atoms with E-state index in [1.54, 1.807) is 6.20 Å². The van der Waals surface area contributed by atoms with Crippen LogP contribution in [0.2, 0.25) is 0 Å². The van der Waals surface area contributed by atoms with Crippen LogP contribution in [-0.4, -0.2) is 75.4 Å². The number of aliphatic carboxylic acids is 1. The molecule has 0 aliphatic heterocycles. The largest absolute Gasteiger partial charge is 0.480 e. The molecule has 11 nitrogen and oxygen atoms in total. The lowest BCUT2D eigenvalue weighted by Crippen LogP contribution is -2.54. The molecular formula is C19H32N6O5S. The number of aromatic amines is 1. The lowest BCUT2D eigenvalue weighted by Gasteiger charge is -2.22. The number of hydrogen-bond acceptors (Lipinski definition) is 7. The van der Waals surface area contributed by atoms with Crippen LogP contribution >= 0.6 is 11.8 Å². The highest BCUT2D eigenvalue weighted by atomic mass is 32.2. The van der Waals surface area contributed by atoms with E-state index in [1.807, 2.05) is 20.1 Å². The monoisotopic (exact) mass is 456 g/mol. The zero-order chi connectivity index (χ0) is 23.4. The van der Waals surface area contributed by atoms with E-state index in [-0.39, 0.29) is 25.3 Å². The topological polar surface area (TPSA) is 179 Å². The molecule has 3 amide bonds. The summed E-state index contributed by atoms with van der Waals surface area (Å²) in [6, 6.07) is -2.82. The van der Waals surface area contributed by atoms with Gasteiger partial charge in [-0.1, -0.05) is 13.8 Å². The SMILES string of the molecule is CSCCC(NC(=O)CNC(=O)C(N)Cc1cnc[nH]1)C(=O)NC(CC(C)C)C(=O)O. The van der Waals surface area contributed by atoms with Crippen LogP contribution in [0.4, 0.5) is 0 Å². The Kier molecular flexibility index (Phi) is 11.6. The molecule has 7 N–H and O–H groups in total. The van der Waals surface area contributed by atoms with Gasteiger partial charge < -0.3 is 31.8 Å². The molecule has 0 bridgehead atoms. The highest BCUT2D eigenvalue weighted by Gasteiger charge is 2.27. The molecule has 3 unspecified atom stereocenters. The van der Waals surface area contributed by atoms with Crippen molar-refractivity contribution in [3.05, 3.63) is 18.2 Å². The highest BCUT2D eigenvalue weighted by Crippen LogP contribution is 2.07. The fraction of sp³-hybridized carbons (Fsp3) is 0.632. The smallest absolute Gasteiger partial charge is 0.326 e. The first-order valence-corrected chi connectivity index (χ1v) is 11.3. The van der Waals surface area contributed by atoms with Crippen LogP contribution in [-0.2, 0) is 25.6 Å². The molecule has 0 aliphatic rings. The highest BCUT2D eigenvalue weighted by molar-refractivity contribution is 7.98. The third-order valence-corrected chi connectivity index (χ3v) is 4.98. The summed E-state index contributed by atoms with van der Waals surface area (Å²) in [5.41, 5.74) is 6.51. The Bertz CT molecular complexity index is 727. The van der Waals surface area contributed by atoms with E-state index in [2.05, 4.69) is 25.9 Å². The minimum Gasteiger partial charge on any atom is -0.480 e. The summed E-state index contributed by atoms with van der Waals surface area (Å²) in [5.74, 6) is -2.13. The molecule has 0 fully saturated rings. The van der Waals surface area contributed by atoms with Crippen molar-refractivity contribution in [2.45, 2.75) is 51.2 Å². The average Bonchev–Trinajstić information content (AvgIpc) is 3.21. The van der Waals surface area contributed by atoms with E-state index in [0.29, 0.717) is 17.9 Å². The molecule has 0 saturated carbocycles. The summed E-state index contributed by atoms with van der Waals surface area (Å²) in [4.78, 5) is 55.1. The van der Waals surface area contributed by atoms with Gasteiger partial charge in [0.05, 0.1) is 18.9 Å². The normalized spacial score (nSPS) is 13.8. The quantitative estimate of drug-likeness (QED) is 0.211. The molecule has 0 aromatic carbocycles. The molecule has 174 valence electrons. The second-order valence-electron chi connectivity index (χ2n) is 7.54. The number of carboxylic acid groups (broad SMARTS) is 1. The number of hydrogen-bond donors (Lipinski definition) is 6. The molecule has 0 saturated heterocycles. The number of nitrogens with zero attached hydrogens (tertiary/aromatic N) is 1. The Labute approximate surface area is 185 Å². The van der Waals surface area contributed by atoms with Crippen LogP contribution in [0.5, 0.6) is 0 Å². The van der Waals surface area contributed by atoms with E-state index in [0.717, 1.165) is 0 Å². The Morgan fingerprint density at radius 2 is 1.90 bits per heavy atom. The van der Waals surface area contributed by atoms with Crippen LogP contribution in [0.1, 0.15) is 32.4 Å². The third kappa shape index (κ3) is 10.3. The summed E-state index contributed by atoms with van der Waals surface area (Å²) >= 11 is 1.49. The van der Waals surface area contributed by atoms with Crippen LogP contribution in [0.25, 0.3) is 0 Å². The fourth-order valence-electron chi connectivity index (χ4n) is 2.74. The molecule has 3 atom stereocenters. The Morgan fingerprint density at radius 1 is 1.19 bits per heavy atom. The van der Waals surface area contributed by atoms with Gasteiger partial charge in [0.25, 0.3) is 0 Å². The molecule has 1 rings (SSSR count). The van der Waals surface area contributed by atoms with E-state index in [1.165, 1.54) is 18.1 Å². The molecular weight excluding hydrogens is 424 g/mol. The zero-order valence-electron chi connectivity index (χ0n) is 18.0. The molecule has 31 heavy (non-hydrogen) atoms. The number of carboxylic acids is 1. The second kappa shape index (κ2) is 13.7. The number of nitrogens with two attached hydrogens (primary N) is 1. The summed E-state index contributed by atoms with van der Waals surface area (Å²) in [5, 5.41) is 16.8. The molecule has 0 aliphatic carbocycles. The number of amides is 3. The van der Waals surface area contributed by atoms with Gasteiger partial charge in [-0.2, -0.15) is 11.8 Å².